The largest absolute Gasteiger partial charge is 0.334 e. The van der Waals surface area contributed by atoms with Gasteiger partial charge in [-0.05, 0) is 48.0 Å². The first-order valence-corrected chi connectivity index (χ1v) is 7.59. The Morgan fingerprint density at radius 1 is 1.53 bits per heavy atom. The van der Waals surface area contributed by atoms with Gasteiger partial charge in [-0.2, -0.15) is 0 Å². The van der Waals surface area contributed by atoms with Crippen LogP contribution in [0.1, 0.15) is 58.6 Å². The summed E-state index contributed by atoms with van der Waals surface area (Å²) in [6, 6.07) is 0.249. The van der Waals surface area contributed by atoms with Crippen LogP contribution in [-0.4, -0.2) is 14.3 Å². The van der Waals surface area contributed by atoms with Gasteiger partial charge in [0.1, 0.15) is 5.82 Å². The summed E-state index contributed by atoms with van der Waals surface area (Å²) in [7, 11) is 2.08. The summed E-state index contributed by atoms with van der Waals surface area (Å²) < 4.78 is 5.96. The Bertz CT molecular complexity index is 441. The van der Waals surface area contributed by atoms with Crippen molar-refractivity contribution in [1.29, 1.82) is 0 Å². The highest BCUT2D eigenvalue weighted by Crippen LogP contribution is 2.28. The van der Waals surface area contributed by atoms with Crippen LogP contribution < -0.4 is 4.72 Å². The van der Waals surface area contributed by atoms with Crippen LogP contribution in [-0.2, 0) is 7.05 Å². The van der Waals surface area contributed by atoms with Crippen LogP contribution in [0.25, 0.3) is 0 Å². The SMILES string of the molecule is C/C=C(\C)CC(NSC(C)(C)C)c1ncc(C)n1C. The minimum atomic E-state index is 0.197. The predicted molar refractivity (Wildman–Crippen MR) is 85.2 cm³/mol. The van der Waals surface area contributed by atoms with Crippen molar-refractivity contribution in [3.8, 4) is 0 Å². The molecule has 0 spiro atoms. The zero-order valence-electron chi connectivity index (χ0n) is 13.2. The number of hydrogen-bond acceptors (Lipinski definition) is 3. The van der Waals surface area contributed by atoms with E-state index in [-0.39, 0.29) is 10.8 Å². The highest BCUT2D eigenvalue weighted by atomic mass is 32.2. The number of nitrogens with zero attached hydrogens (tertiary/aromatic N) is 2. The van der Waals surface area contributed by atoms with E-state index >= 15 is 0 Å². The number of imidazole rings is 1. The van der Waals surface area contributed by atoms with Crippen molar-refractivity contribution in [2.45, 2.75) is 58.8 Å². The number of hydrogen-bond donors (Lipinski definition) is 1. The standard InChI is InChI=1S/C15H27N3S/c1-8-11(2)9-13(17-19-15(4,5)6)14-16-10-12(3)18(14)7/h8,10,13,17H,9H2,1-7H3/b11-8+. The van der Waals surface area contributed by atoms with Gasteiger partial charge in [-0.15, -0.1) is 0 Å². The van der Waals surface area contributed by atoms with Crippen molar-refractivity contribution in [2.24, 2.45) is 7.05 Å². The molecule has 0 bridgehead atoms. The second-order valence-corrected chi connectivity index (χ2v) is 7.71. The third kappa shape index (κ3) is 5.03. The first-order valence-electron chi connectivity index (χ1n) is 6.78. The van der Waals surface area contributed by atoms with Crippen molar-refractivity contribution < 1.29 is 0 Å². The van der Waals surface area contributed by atoms with Crippen LogP contribution in [0.4, 0.5) is 0 Å². The first kappa shape index (κ1) is 16.3. The summed E-state index contributed by atoms with van der Waals surface area (Å²) in [5.74, 6) is 1.11. The quantitative estimate of drug-likeness (QED) is 0.649. The molecule has 0 aliphatic carbocycles. The van der Waals surface area contributed by atoms with Crippen LogP contribution >= 0.6 is 11.9 Å². The molecule has 0 fully saturated rings. The molecule has 0 saturated heterocycles. The molecule has 1 heterocycles. The van der Waals surface area contributed by atoms with Crippen LogP contribution in [0, 0.1) is 6.92 Å². The smallest absolute Gasteiger partial charge is 0.126 e. The van der Waals surface area contributed by atoms with Gasteiger partial charge in [-0.3, -0.25) is 4.72 Å². The number of allylic oxidation sites excluding steroid dienone is 1. The summed E-state index contributed by atoms with van der Waals surface area (Å²) in [6.07, 6.45) is 5.10. The molecule has 1 rings (SSSR count). The highest BCUT2D eigenvalue weighted by Gasteiger charge is 2.20. The van der Waals surface area contributed by atoms with E-state index < -0.39 is 0 Å². The Balaban J connectivity index is 2.89. The highest BCUT2D eigenvalue weighted by molar-refractivity contribution is 7.98. The summed E-state index contributed by atoms with van der Waals surface area (Å²) in [5.41, 5.74) is 2.58. The van der Waals surface area contributed by atoms with Gasteiger partial charge in [0.15, 0.2) is 0 Å². The fourth-order valence-corrected chi connectivity index (χ4v) is 2.40. The van der Waals surface area contributed by atoms with Crippen LogP contribution in [0.3, 0.4) is 0 Å². The fourth-order valence-electron chi connectivity index (χ4n) is 1.71. The van der Waals surface area contributed by atoms with Gasteiger partial charge in [0.2, 0.25) is 0 Å². The van der Waals surface area contributed by atoms with E-state index in [1.165, 1.54) is 11.3 Å². The van der Waals surface area contributed by atoms with Crippen LogP contribution in [0.15, 0.2) is 17.8 Å². The number of aryl methyl sites for hydroxylation is 1. The summed E-state index contributed by atoms with van der Waals surface area (Å²) in [5, 5.41) is 0. The monoisotopic (exact) mass is 281 g/mol. The van der Waals surface area contributed by atoms with Gasteiger partial charge in [0, 0.05) is 23.7 Å². The third-order valence-corrected chi connectivity index (χ3v) is 4.11. The minimum Gasteiger partial charge on any atom is -0.334 e. The maximum Gasteiger partial charge on any atom is 0.126 e. The fraction of sp³-hybridized carbons (Fsp3) is 0.667. The lowest BCUT2D eigenvalue weighted by Gasteiger charge is -2.24. The van der Waals surface area contributed by atoms with E-state index in [9.17, 15) is 0 Å². The van der Waals surface area contributed by atoms with Crippen molar-refractivity contribution in [3.63, 3.8) is 0 Å². The van der Waals surface area contributed by atoms with Gasteiger partial charge in [-0.1, -0.05) is 23.6 Å². The molecular weight excluding hydrogens is 254 g/mol. The van der Waals surface area contributed by atoms with Crippen molar-refractivity contribution in [3.05, 3.63) is 29.4 Å². The zero-order valence-corrected chi connectivity index (χ0v) is 14.1. The van der Waals surface area contributed by atoms with E-state index in [0.29, 0.717) is 0 Å². The third-order valence-electron chi connectivity index (χ3n) is 3.09. The van der Waals surface area contributed by atoms with Gasteiger partial charge in [0.25, 0.3) is 0 Å². The van der Waals surface area contributed by atoms with Crippen molar-refractivity contribution in [2.75, 3.05) is 0 Å². The molecule has 19 heavy (non-hydrogen) atoms. The second-order valence-electron chi connectivity index (χ2n) is 6.04. The van der Waals surface area contributed by atoms with Crippen LogP contribution in [0.5, 0.6) is 0 Å². The summed E-state index contributed by atoms with van der Waals surface area (Å²) in [6.45, 7) is 13.0. The molecule has 1 atom stereocenters. The molecule has 4 heteroatoms. The molecule has 3 nitrogen and oxygen atoms in total. The maximum absolute atomic E-state index is 4.56. The van der Waals surface area contributed by atoms with E-state index in [2.05, 4.69) is 68.9 Å². The molecule has 1 aromatic rings. The predicted octanol–water partition coefficient (Wildman–Crippen LogP) is 4.16. The maximum atomic E-state index is 4.56. The van der Waals surface area contributed by atoms with Gasteiger partial charge < -0.3 is 4.57 Å². The Morgan fingerprint density at radius 3 is 2.58 bits per heavy atom. The molecular formula is C15H27N3S. The van der Waals surface area contributed by atoms with Gasteiger partial charge in [-0.25, -0.2) is 4.98 Å². The average Bonchev–Trinajstić information content (AvgIpc) is 2.64. The van der Waals surface area contributed by atoms with E-state index in [1.54, 1.807) is 11.9 Å². The normalized spacial score (nSPS) is 14.8. The van der Waals surface area contributed by atoms with E-state index in [0.717, 1.165) is 12.2 Å². The molecule has 0 radical (unpaired) electrons. The van der Waals surface area contributed by atoms with Gasteiger partial charge >= 0.3 is 0 Å². The summed E-state index contributed by atoms with van der Waals surface area (Å²) >= 11 is 1.78. The van der Waals surface area contributed by atoms with E-state index in [4.69, 9.17) is 0 Å². The molecule has 0 saturated carbocycles. The van der Waals surface area contributed by atoms with Crippen molar-refractivity contribution in [1.82, 2.24) is 14.3 Å². The topological polar surface area (TPSA) is 29.9 Å². The first-order chi connectivity index (χ1) is 8.74. The number of aromatic nitrogens is 2. The molecule has 0 amide bonds. The Hall–Kier alpha value is -0.740. The molecule has 0 aliphatic heterocycles. The molecule has 1 unspecified atom stereocenters. The molecule has 1 aromatic heterocycles. The summed E-state index contributed by atoms with van der Waals surface area (Å²) in [4.78, 5) is 4.56. The average molecular weight is 281 g/mol. The Kier molecular flexibility index (Phi) is 5.68. The molecule has 108 valence electrons. The molecule has 0 aromatic carbocycles. The Morgan fingerprint density at radius 2 is 2.16 bits per heavy atom. The zero-order chi connectivity index (χ0) is 14.6. The minimum absolute atomic E-state index is 0.197. The van der Waals surface area contributed by atoms with Crippen molar-refractivity contribution >= 4 is 11.9 Å². The second kappa shape index (κ2) is 6.62. The van der Waals surface area contributed by atoms with Crippen LogP contribution in [0.2, 0.25) is 0 Å². The van der Waals surface area contributed by atoms with E-state index in [1.807, 2.05) is 6.20 Å². The van der Waals surface area contributed by atoms with Gasteiger partial charge in [0.05, 0.1) is 6.04 Å². The lowest BCUT2D eigenvalue weighted by atomic mass is 10.1. The lowest BCUT2D eigenvalue weighted by Crippen LogP contribution is -2.24. The molecule has 1 N–H and O–H groups in total. The Labute approximate surface area is 122 Å². The number of rotatable bonds is 5. The molecule has 0 aliphatic rings. The number of nitrogens with one attached hydrogen (secondary N) is 1. The lowest BCUT2D eigenvalue weighted by molar-refractivity contribution is 0.585.